The van der Waals surface area contributed by atoms with Crippen molar-refractivity contribution in [2.75, 3.05) is 0 Å². The lowest BCUT2D eigenvalue weighted by atomic mass is 9.95. The summed E-state index contributed by atoms with van der Waals surface area (Å²) in [4.78, 5) is 17.3. The molecule has 0 spiro atoms. The second-order valence-corrected chi connectivity index (χ2v) is 8.87. The number of amides is 1. The van der Waals surface area contributed by atoms with E-state index in [0.29, 0.717) is 6.54 Å². The highest BCUT2D eigenvalue weighted by Gasteiger charge is 2.51. The maximum atomic E-state index is 12.9. The van der Waals surface area contributed by atoms with Gasteiger partial charge in [-0.15, -0.1) is 0 Å². The third kappa shape index (κ3) is 3.65. The molecule has 1 N–H and O–H groups in total. The molecule has 0 unspecified atom stereocenters. The first kappa shape index (κ1) is 19.1. The van der Waals surface area contributed by atoms with Crippen LogP contribution >= 0.6 is 15.9 Å². The van der Waals surface area contributed by atoms with Gasteiger partial charge in [-0.3, -0.25) is 4.79 Å². The summed E-state index contributed by atoms with van der Waals surface area (Å²) in [5.41, 5.74) is 5.20. The van der Waals surface area contributed by atoms with Gasteiger partial charge in [0.25, 0.3) is 0 Å². The summed E-state index contributed by atoms with van der Waals surface area (Å²) in [6.07, 6.45) is 3.70. The molecule has 1 aromatic heterocycles. The molecule has 4 aromatic rings. The minimum atomic E-state index is -0.355. The maximum absolute atomic E-state index is 12.9. The Morgan fingerprint density at radius 1 is 1.00 bits per heavy atom. The van der Waals surface area contributed by atoms with Crippen molar-refractivity contribution in [2.24, 2.45) is 0 Å². The average molecular weight is 460 g/mol. The van der Waals surface area contributed by atoms with Gasteiger partial charge in [0.15, 0.2) is 0 Å². The molecule has 1 aliphatic rings. The molecular formula is C25H22BrN3O. The van der Waals surface area contributed by atoms with Gasteiger partial charge in [0.2, 0.25) is 5.91 Å². The van der Waals surface area contributed by atoms with Crippen LogP contribution in [0.15, 0.2) is 83.6 Å². The fourth-order valence-electron chi connectivity index (χ4n) is 4.01. The standard InChI is InChI=1S/C25H22BrN3O/c26-21-5-3-4-20(14-21)25(12-13-25)24(30)27-15-18-8-10-19(11-9-18)16-29-17-28-22-6-1-2-7-23(22)29/h1-11,14,17H,12-13,15-16H2,(H,27,30). The number of carbonyl (C=O) groups excluding carboxylic acids is 1. The Bertz CT molecular complexity index is 1210. The number of nitrogens with one attached hydrogen (secondary N) is 1. The molecule has 30 heavy (non-hydrogen) atoms. The molecule has 3 aromatic carbocycles. The van der Waals surface area contributed by atoms with Crippen LogP contribution in [-0.2, 0) is 23.3 Å². The average Bonchev–Trinajstić information content (AvgIpc) is 3.50. The van der Waals surface area contributed by atoms with E-state index in [-0.39, 0.29) is 11.3 Å². The molecule has 4 nitrogen and oxygen atoms in total. The number of hydrogen-bond donors (Lipinski definition) is 1. The van der Waals surface area contributed by atoms with E-state index in [1.807, 2.05) is 42.7 Å². The summed E-state index contributed by atoms with van der Waals surface area (Å²) in [5.74, 6) is 0.120. The van der Waals surface area contributed by atoms with Crippen LogP contribution in [0.3, 0.4) is 0 Å². The Kier molecular flexibility index (Phi) is 4.91. The molecule has 0 radical (unpaired) electrons. The zero-order valence-corrected chi connectivity index (χ0v) is 18.1. The predicted molar refractivity (Wildman–Crippen MR) is 122 cm³/mol. The number of aromatic nitrogens is 2. The zero-order valence-electron chi connectivity index (χ0n) is 16.5. The second-order valence-electron chi connectivity index (χ2n) is 7.95. The zero-order chi connectivity index (χ0) is 20.6. The number of fused-ring (bicyclic) bond motifs is 1. The first-order valence-electron chi connectivity index (χ1n) is 10.2. The van der Waals surface area contributed by atoms with Crippen molar-refractivity contribution in [2.45, 2.75) is 31.3 Å². The van der Waals surface area contributed by atoms with Gasteiger partial charge in [0.1, 0.15) is 0 Å². The topological polar surface area (TPSA) is 46.9 Å². The van der Waals surface area contributed by atoms with E-state index in [9.17, 15) is 4.79 Å². The molecule has 1 aliphatic carbocycles. The van der Waals surface area contributed by atoms with E-state index in [4.69, 9.17) is 0 Å². The minimum absolute atomic E-state index is 0.120. The van der Waals surface area contributed by atoms with Gasteiger partial charge < -0.3 is 9.88 Å². The SMILES string of the molecule is O=C(NCc1ccc(Cn2cnc3ccccc32)cc1)C1(c2cccc(Br)c2)CC1. The van der Waals surface area contributed by atoms with Gasteiger partial charge in [0, 0.05) is 17.6 Å². The Hall–Kier alpha value is -2.92. The van der Waals surface area contributed by atoms with E-state index < -0.39 is 0 Å². The highest BCUT2D eigenvalue weighted by atomic mass is 79.9. The highest BCUT2D eigenvalue weighted by molar-refractivity contribution is 9.10. The van der Waals surface area contributed by atoms with Gasteiger partial charge in [-0.05, 0) is 53.8 Å². The van der Waals surface area contributed by atoms with Crippen LogP contribution < -0.4 is 5.32 Å². The molecule has 5 heteroatoms. The van der Waals surface area contributed by atoms with Crippen molar-refractivity contribution in [3.63, 3.8) is 0 Å². The lowest BCUT2D eigenvalue weighted by molar-refractivity contribution is -0.123. The number of imidazole rings is 1. The van der Waals surface area contributed by atoms with Crippen LogP contribution in [0, 0.1) is 0 Å². The normalized spacial score (nSPS) is 14.6. The van der Waals surface area contributed by atoms with E-state index in [2.05, 4.69) is 67.2 Å². The van der Waals surface area contributed by atoms with Gasteiger partial charge >= 0.3 is 0 Å². The minimum Gasteiger partial charge on any atom is -0.351 e. The number of para-hydroxylation sites is 2. The molecule has 0 aliphatic heterocycles. The molecule has 0 saturated heterocycles. The number of rotatable bonds is 6. The Morgan fingerprint density at radius 2 is 1.77 bits per heavy atom. The van der Waals surface area contributed by atoms with Gasteiger partial charge in [-0.25, -0.2) is 4.98 Å². The maximum Gasteiger partial charge on any atom is 0.230 e. The van der Waals surface area contributed by atoms with Crippen LogP contribution in [-0.4, -0.2) is 15.5 Å². The van der Waals surface area contributed by atoms with Gasteiger partial charge in [-0.1, -0.05) is 64.5 Å². The Labute approximate surface area is 184 Å². The monoisotopic (exact) mass is 459 g/mol. The molecule has 5 rings (SSSR count). The summed E-state index contributed by atoms with van der Waals surface area (Å²) in [7, 11) is 0. The summed E-state index contributed by atoms with van der Waals surface area (Å²) in [6, 6.07) is 24.7. The second kappa shape index (κ2) is 7.73. The molecule has 1 fully saturated rings. The van der Waals surface area contributed by atoms with Crippen molar-refractivity contribution in [1.29, 1.82) is 0 Å². The van der Waals surface area contributed by atoms with Crippen molar-refractivity contribution >= 4 is 32.9 Å². The number of hydrogen-bond acceptors (Lipinski definition) is 2. The summed E-state index contributed by atoms with van der Waals surface area (Å²) >= 11 is 3.51. The van der Waals surface area contributed by atoms with Crippen LogP contribution in [0.25, 0.3) is 11.0 Å². The Balaban J connectivity index is 1.23. The third-order valence-corrected chi connectivity index (χ3v) is 6.41. The van der Waals surface area contributed by atoms with Crippen molar-refractivity contribution in [1.82, 2.24) is 14.9 Å². The van der Waals surface area contributed by atoms with Gasteiger partial charge in [0.05, 0.1) is 22.8 Å². The number of carbonyl (C=O) groups is 1. The molecule has 1 heterocycles. The van der Waals surface area contributed by atoms with E-state index >= 15 is 0 Å². The van der Waals surface area contributed by atoms with Crippen molar-refractivity contribution < 1.29 is 4.79 Å². The fraction of sp³-hybridized carbons (Fsp3) is 0.200. The van der Waals surface area contributed by atoms with Crippen LogP contribution in [0.1, 0.15) is 29.5 Å². The summed E-state index contributed by atoms with van der Waals surface area (Å²) in [6.45, 7) is 1.32. The molecule has 0 bridgehead atoms. The first-order chi connectivity index (χ1) is 14.6. The number of nitrogens with zero attached hydrogens (tertiary/aromatic N) is 2. The van der Waals surface area contributed by atoms with Crippen molar-refractivity contribution in [3.8, 4) is 0 Å². The summed E-state index contributed by atoms with van der Waals surface area (Å²) in [5, 5.41) is 3.14. The molecular weight excluding hydrogens is 438 g/mol. The molecule has 150 valence electrons. The highest BCUT2D eigenvalue weighted by Crippen LogP contribution is 2.48. The van der Waals surface area contributed by atoms with Gasteiger partial charge in [-0.2, -0.15) is 0 Å². The number of halogens is 1. The van der Waals surface area contributed by atoms with Crippen LogP contribution in [0.2, 0.25) is 0 Å². The van der Waals surface area contributed by atoms with Crippen LogP contribution in [0.5, 0.6) is 0 Å². The third-order valence-electron chi connectivity index (χ3n) is 5.92. The summed E-state index contributed by atoms with van der Waals surface area (Å²) < 4.78 is 3.17. The lowest BCUT2D eigenvalue weighted by Gasteiger charge is -2.16. The molecule has 0 atom stereocenters. The van der Waals surface area contributed by atoms with Crippen LogP contribution in [0.4, 0.5) is 0 Å². The van der Waals surface area contributed by atoms with E-state index in [0.717, 1.165) is 46.0 Å². The van der Waals surface area contributed by atoms with E-state index in [1.54, 1.807) is 0 Å². The fourth-order valence-corrected chi connectivity index (χ4v) is 4.40. The molecule has 1 saturated carbocycles. The lowest BCUT2D eigenvalue weighted by Crippen LogP contribution is -2.34. The van der Waals surface area contributed by atoms with Crippen molar-refractivity contribution in [3.05, 3.63) is 100 Å². The quantitative estimate of drug-likeness (QED) is 0.430. The number of benzene rings is 3. The molecule has 1 amide bonds. The largest absolute Gasteiger partial charge is 0.351 e. The smallest absolute Gasteiger partial charge is 0.230 e. The Morgan fingerprint density at radius 3 is 2.53 bits per heavy atom. The van der Waals surface area contributed by atoms with E-state index in [1.165, 1.54) is 5.56 Å². The first-order valence-corrected chi connectivity index (χ1v) is 11.0. The predicted octanol–water partition coefficient (Wildman–Crippen LogP) is 5.20.